The Morgan fingerprint density at radius 1 is 1.50 bits per heavy atom. The summed E-state index contributed by atoms with van der Waals surface area (Å²) in [6.07, 6.45) is 0. The fourth-order valence-electron chi connectivity index (χ4n) is 1.25. The maximum atomic E-state index is 11.8. The summed E-state index contributed by atoms with van der Waals surface area (Å²) in [4.78, 5) is 11.8. The molecule has 94 valence electrons. The molecule has 5 nitrogen and oxygen atoms in total. The van der Waals surface area contributed by atoms with E-state index in [2.05, 4.69) is 26.1 Å². The van der Waals surface area contributed by atoms with Gasteiger partial charge in [-0.1, -0.05) is 27.5 Å². The molecule has 2 rings (SSSR count). The maximum absolute atomic E-state index is 11.8. The largest absolute Gasteiger partial charge is 0.452 e. The van der Waals surface area contributed by atoms with Crippen molar-refractivity contribution < 1.29 is 13.9 Å². The number of ether oxygens (including phenoxy) is 1. The lowest BCUT2D eigenvalue weighted by Crippen LogP contribution is -2.06. The van der Waals surface area contributed by atoms with Gasteiger partial charge in [0.2, 0.25) is 5.89 Å². The molecule has 2 aromatic rings. The van der Waals surface area contributed by atoms with Gasteiger partial charge in [0, 0.05) is 11.4 Å². The molecule has 0 fully saturated rings. The van der Waals surface area contributed by atoms with Crippen LogP contribution in [0.3, 0.4) is 0 Å². The van der Waals surface area contributed by atoms with E-state index in [0.29, 0.717) is 10.9 Å². The first kappa shape index (κ1) is 13.0. The van der Waals surface area contributed by atoms with E-state index in [9.17, 15) is 4.79 Å². The van der Waals surface area contributed by atoms with E-state index < -0.39 is 5.97 Å². The van der Waals surface area contributed by atoms with E-state index in [4.69, 9.17) is 20.8 Å². The molecular formula is C11H8BrClN2O3. The molecule has 1 aromatic heterocycles. The summed E-state index contributed by atoms with van der Waals surface area (Å²) in [5, 5.41) is 7.67. The summed E-state index contributed by atoms with van der Waals surface area (Å²) in [6, 6.07) is 4.93. The van der Waals surface area contributed by atoms with Crippen molar-refractivity contribution in [3.63, 3.8) is 0 Å². The molecule has 0 atom stereocenters. The molecule has 0 aliphatic rings. The van der Waals surface area contributed by atoms with Crippen molar-refractivity contribution in [3.05, 3.63) is 45.0 Å². The minimum absolute atomic E-state index is 0.0808. The van der Waals surface area contributed by atoms with Crippen LogP contribution < -0.4 is 0 Å². The molecular weight excluding hydrogens is 323 g/mol. The normalized spacial score (nSPS) is 10.4. The zero-order valence-corrected chi connectivity index (χ0v) is 11.7. The third-order valence-corrected chi connectivity index (χ3v) is 2.87. The third-order valence-electron chi connectivity index (χ3n) is 2.04. The molecule has 0 bridgehead atoms. The van der Waals surface area contributed by atoms with Crippen LogP contribution in [-0.4, -0.2) is 16.2 Å². The van der Waals surface area contributed by atoms with Crippen molar-refractivity contribution in [2.24, 2.45) is 0 Å². The van der Waals surface area contributed by atoms with E-state index in [0.717, 1.165) is 4.47 Å². The van der Waals surface area contributed by atoms with Gasteiger partial charge in [-0.15, -0.1) is 10.2 Å². The summed E-state index contributed by atoms with van der Waals surface area (Å²) in [5.41, 5.74) is 0.280. The molecule has 0 aliphatic carbocycles. The van der Waals surface area contributed by atoms with E-state index in [1.807, 2.05) is 0 Å². The maximum Gasteiger partial charge on any atom is 0.340 e. The SMILES string of the molecule is Cc1nnc(COC(=O)c2cc(Br)ccc2Cl)o1. The van der Waals surface area contributed by atoms with E-state index in [-0.39, 0.29) is 18.1 Å². The van der Waals surface area contributed by atoms with Crippen LogP contribution in [0.2, 0.25) is 5.02 Å². The number of carbonyl (C=O) groups is 1. The van der Waals surface area contributed by atoms with Gasteiger partial charge in [-0.05, 0) is 18.2 Å². The molecule has 7 heteroatoms. The molecule has 0 spiro atoms. The lowest BCUT2D eigenvalue weighted by atomic mass is 10.2. The molecule has 0 saturated carbocycles. The number of rotatable bonds is 3. The van der Waals surface area contributed by atoms with Gasteiger partial charge < -0.3 is 9.15 Å². The summed E-state index contributed by atoms with van der Waals surface area (Å²) in [6.45, 7) is 1.58. The highest BCUT2D eigenvalue weighted by molar-refractivity contribution is 9.10. The zero-order valence-electron chi connectivity index (χ0n) is 9.31. The number of hydrogen-bond acceptors (Lipinski definition) is 5. The molecule has 0 unspecified atom stereocenters. The highest BCUT2D eigenvalue weighted by Crippen LogP contribution is 2.22. The standard InChI is InChI=1S/C11H8BrClN2O3/c1-6-14-15-10(18-6)5-17-11(16)8-4-7(12)2-3-9(8)13/h2-4H,5H2,1H3. The van der Waals surface area contributed by atoms with E-state index >= 15 is 0 Å². The van der Waals surface area contributed by atoms with Gasteiger partial charge >= 0.3 is 5.97 Å². The van der Waals surface area contributed by atoms with Gasteiger partial charge in [0.05, 0.1) is 10.6 Å². The number of hydrogen-bond donors (Lipinski definition) is 0. The number of carbonyl (C=O) groups excluding carboxylic acids is 1. The summed E-state index contributed by atoms with van der Waals surface area (Å²) in [5.74, 6) is 0.116. The fraction of sp³-hybridized carbons (Fsp3) is 0.182. The lowest BCUT2D eigenvalue weighted by molar-refractivity contribution is 0.0437. The highest BCUT2D eigenvalue weighted by atomic mass is 79.9. The number of aromatic nitrogens is 2. The summed E-state index contributed by atoms with van der Waals surface area (Å²) in [7, 11) is 0. The van der Waals surface area contributed by atoms with Crippen molar-refractivity contribution in [2.45, 2.75) is 13.5 Å². The Morgan fingerprint density at radius 3 is 2.94 bits per heavy atom. The predicted molar refractivity (Wildman–Crippen MR) is 67.3 cm³/mol. The number of halogens is 2. The van der Waals surface area contributed by atoms with Gasteiger partial charge in [-0.25, -0.2) is 4.79 Å². The molecule has 0 N–H and O–H groups in total. The Bertz CT molecular complexity index is 585. The van der Waals surface area contributed by atoms with Crippen LogP contribution in [-0.2, 0) is 11.3 Å². The molecule has 0 aliphatic heterocycles. The van der Waals surface area contributed by atoms with Crippen LogP contribution in [0, 0.1) is 6.92 Å². The van der Waals surface area contributed by atoms with Gasteiger partial charge in [-0.2, -0.15) is 0 Å². The average molecular weight is 332 g/mol. The minimum atomic E-state index is -0.544. The van der Waals surface area contributed by atoms with Gasteiger partial charge in [0.1, 0.15) is 0 Å². The number of nitrogens with zero attached hydrogens (tertiary/aromatic N) is 2. The first-order valence-electron chi connectivity index (χ1n) is 4.97. The van der Waals surface area contributed by atoms with Crippen LogP contribution in [0.4, 0.5) is 0 Å². The van der Waals surface area contributed by atoms with Crippen molar-refractivity contribution in [1.29, 1.82) is 0 Å². The zero-order chi connectivity index (χ0) is 13.1. The Hall–Kier alpha value is -1.40. The topological polar surface area (TPSA) is 65.2 Å². The second-order valence-corrected chi connectivity index (χ2v) is 4.74. The monoisotopic (exact) mass is 330 g/mol. The Labute approximate surface area is 116 Å². The third kappa shape index (κ3) is 3.08. The van der Waals surface area contributed by atoms with Crippen molar-refractivity contribution >= 4 is 33.5 Å². The molecule has 1 heterocycles. The predicted octanol–water partition coefficient (Wildman–Crippen LogP) is 3.15. The van der Waals surface area contributed by atoms with Crippen LogP contribution in [0.1, 0.15) is 22.1 Å². The molecule has 0 radical (unpaired) electrons. The molecule has 0 amide bonds. The van der Waals surface area contributed by atoms with Crippen LogP contribution in [0.5, 0.6) is 0 Å². The number of benzene rings is 1. The highest BCUT2D eigenvalue weighted by Gasteiger charge is 2.14. The second-order valence-electron chi connectivity index (χ2n) is 3.42. The van der Waals surface area contributed by atoms with Crippen molar-refractivity contribution in [1.82, 2.24) is 10.2 Å². The van der Waals surface area contributed by atoms with Crippen LogP contribution >= 0.6 is 27.5 Å². The Balaban J connectivity index is 2.05. The summed E-state index contributed by atoms with van der Waals surface area (Å²) < 4.78 is 10.8. The van der Waals surface area contributed by atoms with Gasteiger partial charge in [-0.3, -0.25) is 0 Å². The van der Waals surface area contributed by atoms with E-state index in [1.165, 1.54) is 0 Å². The van der Waals surface area contributed by atoms with Crippen LogP contribution in [0.25, 0.3) is 0 Å². The molecule has 1 aromatic carbocycles. The smallest absolute Gasteiger partial charge is 0.340 e. The summed E-state index contributed by atoms with van der Waals surface area (Å²) >= 11 is 9.16. The minimum Gasteiger partial charge on any atom is -0.452 e. The Kier molecular flexibility index (Phi) is 3.98. The second kappa shape index (κ2) is 5.49. The van der Waals surface area contributed by atoms with Crippen molar-refractivity contribution in [3.8, 4) is 0 Å². The van der Waals surface area contributed by atoms with E-state index in [1.54, 1.807) is 25.1 Å². The molecule has 18 heavy (non-hydrogen) atoms. The number of esters is 1. The Morgan fingerprint density at radius 2 is 2.28 bits per heavy atom. The fourth-order valence-corrected chi connectivity index (χ4v) is 1.81. The average Bonchev–Trinajstić information content (AvgIpc) is 2.75. The first-order valence-corrected chi connectivity index (χ1v) is 6.14. The van der Waals surface area contributed by atoms with Crippen LogP contribution in [0.15, 0.2) is 27.1 Å². The molecule has 0 saturated heterocycles. The lowest BCUT2D eigenvalue weighted by Gasteiger charge is -2.04. The first-order chi connectivity index (χ1) is 8.56. The van der Waals surface area contributed by atoms with Gasteiger partial charge in [0.15, 0.2) is 6.61 Å². The van der Waals surface area contributed by atoms with Gasteiger partial charge in [0.25, 0.3) is 5.89 Å². The van der Waals surface area contributed by atoms with Crippen molar-refractivity contribution in [2.75, 3.05) is 0 Å². The quantitative estimate of drug-likeness (QED) is 0.808. The number of aryl methyl sites for hydroxylation is 1.